The highest BCUT2D eigenvalue weighted by Gasteiger charge is 2.58. The van der Waals surface area contributed by atoms with Crippen molar-refractivity contribution in [3.8, 4) is 0 Å². The summed E-state index contributed by atoms with van der Waals surface area (Å²) >= 11 is 5.65. The highest BCUT2D eigenvalue weighted by molar-refractivity contribution is 8.04. The first-order valence-electron chi connectivity index (χ1n) is 9.88. The van der Waals surface area contributed by atoms with E-state index in [0.29, 0.717) is 18.2 Å². The molecule has 3 heterocycles. The van der Waals surface area contributed by atoms with Gasteiger partial charge in [-0.25, -0.2) is 0 Å². The number of benzene rings is 1. The Morgan fingerprint density at radius 1 is 1.36 bits per heavy atom. The van der Waals surface area contributed by atoms with Crippen molar-refractivity contribution in [3.05, 3.63) is 46.5 Å². The highest BCUT2D eigenvalue weighted by atomic mass is 32.2. The molecule has 1 aromatic carbocycles. The molecule has 0 aromatic heterocycles. The Balaban J connectivity index is 1.53. The highest BCUT2D eigenvalue weighted by Crippen LogP contribution is 2.54. The van der Waals surface area contributed by atoms with Crippen LogP contribution in [0.1, 0.15) is 38.3 Å². The van der Waals surface area contributed by atoms with Crippen molar-refractivity contribution in [2.45, 2.75) is 44.2 Å². The monoisotopic (exact) mass is 418 g/mol. The molecule has 2 saturated heterocycles. The Morgan fingerprint density at radius 3 is 2.71 bits per heavy atom. The minimum atomic E-state index is -0.657. The summed E-state index contributed by atoms with van der Waals surface area (Å²) in [7, 11) is 0. The van der Waals surface area contributed by atoms with Crippen LogP contribution in [0.15, 0.2) is 40.9 Å². The normalized spacial score (nSPS) is 29.6. The fourth-order valence-corrected chi connectivity index (χ4v) is 6.57. The second-order valence-electron chi connectivity index (χ2n) is 7.80. The lowest BCUT2D eigenvalue weighted by molar-refractivity contribution is -0.154. The van der Waals surface area contributed by atoms with Crippen molar-refractivity contribution in [3.63, 3.8) is 0 Å². The number of aliphatic hydroxyl groups is 1. The van der Waals surface area contributed by atoms with Gasteiger partial charge in [0.25, 0.3) is 0 Å². The zero-order valence-electron chi connectivity index (χ0n) is 16.1. The summed E-state index contributed by atoms with van der Waals surface area (Å²) in [4.78, 5) is 29.8. The van der Waals surface area contributed by atoms with Crippen LogP contribution < -0.4 is 0 Å². The predicted molar refractivity (Wildman–Crippen MR) is 114 cm³/mol. The number of likely N-dealkylation sites (tertiary alicyclic amines) is 1. The molecule has 1 aromatic rings. The van der Waals surface area contributed by atoms with Crippen LogP contribution >= 0.6 is 24.4 Å². The molecule has 7 heteroatoms. The van der Waals surface area contributed by atoms with Crippen molar-refractivity contribution in [1.82, 2.24) is 9.80 Å². The van der Waals surface area contributed by atoms with Crippen LogP contribution in [0.25, 0.3) is 0 Å². The van der Waals surface area contributed by atoms with E-state index in [1.807, 2.05) is 13.0 Å². The van der Waals surface area contributed by atoms with Gasteiger partial charge >= 0.3 is 0 Å². The Morgan fingerprint density at radius 2 is 2.07 bits per heavy atom. The zero-order valence-corrected chi connectivity index (χ0v) is 17.8. The van der Waals surface area contributed by atoms with Gasteiger partial charge in [-0.15, -0.1) is 11.8 Å². The number of rotatable bonds is 6. The van der Waals surface area contributed by atoms with Crippen LogP contribution in [0.4, 0.5) is 0 Å². The van der Waals surface area contributed by atoms with E-state index in [2.05, 4.69) is 48.7 Å². The van der Waals surface area contributed by atoms with E-state index < -0.39 is 12.0 Å². The lowest BCUT2D eigenvalue weighted by Gasteiger charge is -2.44. The molecule has 5 nitrogen and oxygen atoms in total. The van der Waals surface area contributed by atoms with Gasteiger partial charge in [0.05, 0.1) is 12.0 Å². The summed E-state index contributed by atoms with van der Waals surface area (Å²) in [6, 6.07) is 10.7. The van der Waals surface area contributed by atoms with E-state index in [4.69, 9.17) is 0 Å². The van der Waals surface area contributed by atoms with E-state index in [1.54, 1.807) is 16.7 Å². The van der Waals surface area contributed by atoms with Gasteiger partial charge in [-0.3, -0.25) is 19.4 Å². The van der Waals surface area contributed by atoms with Crippen LogP contribution in [-0.4, -0.2) is 50.5 Å². The average Bonchev–Trinajstić information content (AvgIpc) is 3.31. The van der Waals surface area contributed by atoms with Crippen LogP contribution in [0.3, 0.4) is 0 Å². The van der Waals surface area contributed by atoms with E-state index in [-0.39, 0.29) is 22.3 Å². The van der Waals surface area contributed by atoms with Gasteiger partial charge in [-0.05, 0) is 31.9 Å². The first kappa shape index (κ1) is 20.0. The minimum Gasteiger partial charge on any atom is -0.392 e. The van der Waals surface area contributed by atoms with Gasteiger partial charge in [0.1, 0.15) is 11.1 Å². The van der Waals surface area contributed by atoms with Crippen LogP contribution in [0.5, 0.6) is 0 Å². The Labute approximate surface area is 175 Å². The van der Waals surface area contributed by atoms with E-state index in [0.717, 1.165) is 24.4 Å². The fourth-order valence-electron chi connectivity index (χ4n) is 4.56. The van der Waals surface area contributed by atoms with E-state index in [9.17, 15) is 14.7 Å². The second kappa shape index (κ2) is 7.86. The van der Waals surface area contributed by atoms with Crippen molar-refractivity contribution >= 4 is 35.4 Å². The Kier molecular flexibility index (Phi) is 5.62. The van der Waals surface area contributed by atoms with Gasteiger partial charge in [0.15, 0.2) is 0 Å². The molecule has 0 radical (unpaired) electrons. The molecule has 4 rings (SSSR count). The van der Waals surface area contributed by atoms with Crippen molar-refractivity contribution < 1.29 is 14.7 Å². The zero-order chi connectivity index (χ0) is 20.0. The Bertz CT molecular complexity index is 813. The lowest BCUT2D eigenvalue weighted by atomic mass is 9.89. The number of carbonyl (C=O) groups excluding carboxylic acids is 2. The van der Waals surface area contributed by atoms with Gasteiger partial charge in [-0.2, -0.15) is 0 Å². The Hall–Kier alpha value is -1.28. The molecular formula is C21H26N2O3S2. The number of hydrogen-bond acceptors (Lipinski definition) is 5. The molecule has 150 valence electrons. The smallest absolute Gasteiger partial charge is 0.236 e. The SMILES string of the molecule is CC[C@H](O)[C@@H]1C(=O)N2C(C(=O)S)=C(C3CCN(C(C)c4ccccc4)C3)S[C@H]12. The molecule has 2 unspecified atom stereocenters. The summed E-state index contributed by atoms with van der Waals surface area (Å²) in [5, 5.41) is 9.71. The molecule has 28 heavy (non-hydrogen) atoms. The van der Waals surface area contributed by atoms with Crippen molar-refractivity contribution in [2.75, 3.05) is 13.1 Å². The molecular weight excluding hydrogens is 392 g/mol. The minimum absolute atomic E-state index is 0.147. The molecule has 2 fully saturated rings. The number of nitrogens with zero attached hydrogens (tertiary/aromatic N) is 2. The molecule has 1 N–H and O–H groups in total. The quantitative estimate of drug-likeness (QED) is 0.549. The van der Waals surface area contributed by atoms with E-state index >= 15 is 0 Å². The molecule has 5 atom stereocenters. The summed E-state index contributed by atoms with van der Waals surface area (Å²) in [5.74, 6) is -0.345. The van der Waals surface area contributed by atoms with Crippen molar-refractivity contribution in [1.29, 1.82) is 0 Å². The fraction of sp³-hybridized carbons (Fsp3) is 0.524. The van der Waals surface area contributed by atoms with Gasteiger partial charge in [0, 0.05) is 23.4 Å². The number of aliphatic hydroxyl groups excluding tert-OH is 1. The number of fused-ring (bicyclic) bond motifs is 1. The molecule has 0 saturated carbocycles. The first-order chi connectivity index (χ1) is 13.4. The number of amides is 1. The molecule has 0 bridgehead atoms. The average molecular weight is 419 g/mol. The largest absolute Gasteiger partial charge is 0.392 e. The molecule has 0 spiro atoms. The topological polar surface area (TPSA) is 60.9 Å². The summed E-state index contributed by atoms with van der Waals surface area (Å²) in [5.41, 5.74) is 1.73. The number of thioether (sulfide) groups is 1. The number of carbonyl (C=O) groups is 2. The second-order valence-corrected chi connectivity index (χ2v) is 9.37. The van der Waals surface area contributed by atoms with E-state index in [1.165, 1.54) is 5.56 Å². The van der Waals surface area contributed by atoms with Crippen molar-refractivity contribution in [2.24, 2.45) is 11.8 Å². The molecule has 1 amide bonds. The van der Waals surface area contributed by atoms with Crippen LogP contribution in [0.2, 0.25) is 0 Å². The lowest BCUT2D eigenvalue weighted by Crippen LogP contribution is -2.61. The third-order valence-corrected chi connectivity index (χ3v) is 8.00. The molecule has 0 aliphatic carbocycles. The first-order valence-corrected chi connectivity index (χ1v) is 11.2. The summed E-state index contributed by atoms with van der Waals surface area (Å²) in [6.45, 7) is 5.90. The summed E-state index contributed by atoms with van der Waals surface area (Å²) < 4.78 is 0. The van der Waals surface area contributed by atoms with Gasteiger partial charge < -0.3 is 5.11 Å². The summed E-state index contributed by atoms with van der Waals surface area (Å²) in [6.07, 6.45) is 0.835. The van der Waals surface area contributed by atoms with Gasteiger partial charge in [0.2, 0.25) is 11.0 Å². The third-order valence-electron chi connectivity index (χ3n) is 6.26. The third kappa shape index (κ3) is 3.22. The maximum atomic E-state index is 12.6. The maximum absolute atomic E-state index is 12.6. The van der Waals surface area contributed by atoms with Crippen LogP contribution in [-0.2, 0) is 9.59 Å². The predicted octanol–water partition coefficient (Wildman–Crippen LogP) is 3.04. The number of thiol groups is 1. The number of hydrogen-bond donors (Lipinski definition) is 2. The molecule has 3 aliphatic heterocycles. The van der Waals surface area contributed by atoms with Gasteiger partial charge in [-0.1, -0.05) is 49.9 Å². The van der Waals surface area contributed by atoms with Crippen LogP contribution in [0, 0.1) is 11.8 Å². The number of β-lactam (4-membered cyclic amide) rings is 1. The maximum Gasteiger partial charge on any atom is 0.236 e. The standard InChI is InChI=1S/C21H26N2O3S2/c1-3-15(24)16-19(25)23-17(21(26)27)18(28-20(16)23)14-9-10-22(11-14)12(2)13-7-5-4-6-8-13/h4-8,12,14-16,20,24H,3,9-11H2,1-2H3,(H,26,27)/t12?,14?,15-,16+,20+/m0/s1. The molecule has 3 aliphatic rings.